The molecule has 1 atom stereocenters. The Labute approximate surface area is 134 Å². The summed E-state index contributed by atoms with van der Waals surface area (Å²) in [4.78, 5) is 0.218. The van der Waals surface area contributed by atoms with Gasteiger partial charge in [0.25, 0.3) is 0 Å². The Hall–Kier alpha value is -1.13. The van der Waals surface area contributed by atoms with E-state index in [1.54, 1.807) is 0 Å². The first-order valence-corrected chi connectivity index (χ1v) is 9.99. The number of benzene rings is 1. The molecule has 0 saturated heterocycles. The van der Waals surface area contributed by atoms with Gasteiger partial charge in [-0.25, -0.2) is 8.42 Å². The molecule has 0 aliphatic heterocycles. The molecular formula is C18H26O3S. The first-order valence-electron chi connectivity index (χ1n) is 8.10. The van der Waals surface area contributed by atoms with Crippen LogP contribution in [0.2, 0.25) is 0 Å². The molecule has 0 spiro atoms. The van der Waals surface area contributed by atoms with Gasteiger partial charge in [-0.15, -0.1) is 0 Å². The van der Waals surface area contributed by atoms with Gasteiger partial charge < -0.3 is 5.11 Å². The Bertz CT molecular complexity index is 584. The lowest BCUT2D eigenvalue weighted by Crippen LogP contribution is -2.20. The fourth-order valence-electron chi connectivity index (χ4n) is 3.11. The van der Waals surface area contributed by atoms with E-state index in [0.29, 0.717) is 18.8 Å². The molecule has 4 heteroatoms. The summed E-state index contributed by atoms with van der Waals surface area (Å²) < 4.78 is 24.1. The number of sulfone groups is 1. The van der Waals surface area contributed by atoms with Gasteiger partial charge in [0.05, 0.1) is 11.0 Å². The molecule has 1 N–H and O–H groups in total. The summed E-state index contributed by atoms with van der Waals surface area (Å²) in [7, 11) is -3.36. The highest BCUT2D eigenvalue weighted by molar-refractivity contribution is 7.94. The fourth-order valence-corrected chi connectivity index (χ4v) is 4.16. The average Bonchev–Trinajstić information content (AvgIpc) is 2.51. The van der Waals surface area contributed by atoms with E-state index in [4.69, 9.17) is 0 Å². The Morgan fingerprint density at radius 2 is 1.86 bits per heavy atom. The van der Waals surface area contributed by atoms with Crippen LogP contribution in [0.1, 0.15) is 44.1 Å². The molecule has 0 aromatic heterocycles. The highest BCUT2D eigenvalue weighted by Crippen LogP contribution is 2.28. The van der Waals surface area contributed by atoms with Gasteiger partial charge in [0, 0.05) is 6.26 Å². The van der Waals surface area contributed by atoms with Crippen molar-refractivity contribution in [2.75, 3.05) is 6.26 Å². The number of aryl methyl sites for hydroxylation is 1. The molecule has 0 amide bonds. The maximum absolute atomic E-state index is 12.0. The van der Waals surface area contributed by atoms with Gasteiger partial charge in [-0.3, -0.25) is 0 Å². The van der Waals surface area contributed by atoms with Crippen LogP contribution >= 0.6 is 0 Å². The second kappa shape index (κ2) is 7.93. The molecule has 1 aliphatic rings. The van der Waals surface area contributed by atoms with Gasteiger partial charge in [-0.2, -0.15) is 0 Å². The molecule has 22 heavy (non-hydrogen) atoms. The zero-order valence-corrected chi connectivity index (χ0v) is 14.1. The van der Waals surface area contributed by atoms with Crippen molar-refractivity contribution in [3.63, 3.8) is 0 Å². The van der Waals surface area contributed by atoms with Crippen molar-refractivity contribution in [3.05, 3.63) is 46.9 Å². The zero-order chi connectivity index (χ0) is 16.0. The Balaban J connectivity index is 2.06. The molecule has 1 aromatic rings. The minimum Gasteiger partial charge on any atom is -0.388 e. The Morgan fingerprint density at radius 1 is 1.23 bits per heavy atom. The standard InChI is InChI=1S/C18H26O3S/c1-22(20,21)18(14-16-10-6-3-7-11-16)17(19)13-12-15-8-4-2-5-9-15/h2,4-5,8-9,14,16-17,19H,3,6-7,10-13H2,1H3. The predicted molar refractivity (Wildman–Crippen MR) is 90.3 cm³/mol. The molecule has 1 saturated carbocycles. The number of hydrogen-bond donors (Lipinski definition) is 1. The SMILES string of the molecule is CS(=O)(=O)C(=CC1CCCCC1)C(O)CCc1ccccc1. The maximum atomic E-state index is 12.0. The van der Waals surface area contributed by atoms with Crippen LogP contribution in [-0.2, 0) is 16.3 Å². The van der Waals surface area contributed by atoms with E-state index in [9.17, 15) is 13.5 Å². The van der Waals surface area contributed by atoms with Crippen LogP contribution in [0.3, 0.4) is 0 Å². The van der Waals surface area contributed by atoms with E-state index in [2.05, 4.69) is 0 Å². The lowest BCUT2D eigenvalue weighted by Gasteiger charge is -2.21. The maximum Gasteiger partial charge on any atom is 0.173 e. The van der Waals surface area contributed by atoms with Crippen LogP contribution in [-0.4, -0.2) is 25.9 Å². The molecule has 3 nitrogen and oxygen atoms in total. The zero-order valence-electron chi connectivity index (χ0n) is 13.2. The molecule has 0 radical (unpaired) electrons. The lowest BCUT2D eigenvalue weighted by atomic mass is 9.88. The number of aliphatic hydroxyl groups excluding tert-OH is 1. The van der Waals surface area contributed by atoms with Crippen molar-refractivity contribution < 1.29 is 13.5 Å². The van der Waals surface area contributed by atoms with Gasteiger partial charge >= 0.3 is 0 Å². The normalized spacial score (nSPS) is 19.1. The number of rotatable bonds is 6. The van der Waals surface area contributed by atoms with Crippen molar-refractivity contribution in [1.29, 1.82) is 0 Å². The van der Waals surface area contributed by atoms with Crippen LogP contribution < -0.4 is 0 Å². The molecule has 1 fully saturated rings. The van der Waals surface area contributed by atoms with E-state index in [1.807, 2.05) is 36.4 Å². The van der Waals surface area contributed by atoms with Crippen LogP contribution in [0, 0.1) is 5.92 Å². The average molecular weight is 322 g/mol. The van der Waals surface area contributed by atoms with Crippen molar-refractivity contribution in [1.82, 2.24) is 0 Å². The first kappa shape index (κ1) is 17.2. The summed E-state index contributed by atoms with van der Waals surface area (Å²) in [5, 5.41) is 10.4. The number of aliphatic hydroxyl groups is 1. The summed E-state index contributed by atoms with van der Waals surface area (Å²) in [6.45, 7) is 0. The highest BCUT2D eigenvalue weighted by Gasteiger charge is 2.23. The van der Waals surface area contributed by atoms with Crippen LogP contribution in [0.15, 0.2) is 41.3 Å². The van der Waals surface area contributed by atoms with Crippen LogP contribution in [0.4, 0.5) is 0 Å². The van der Waals surface area contributed by atoms with Gasteiger partial charge in [-0.05, 0) is 37.2 Å². The van der Waals surface area contributed by atoms with Crippen molar-refractivity contribution in [2.24, 2.45) is 5.92 Å². The van der Waals surface area contributed by atoms with E-state index in [1.165, 1.54) is 12.7 Å². The molecule has 1 aromatic carbocycles. The smallest absolute Gasteiger partial charge is 0.173 e. The first-order chi connectivity index (χ1) is 10.5. The van der Waals surface area contributed by atoms with Crippen molar-refractivity contribution >= 4 is 9.84 Å². The molecule has 1 unspecified atom stereocenters. The molecular weight excluding hydrogens is 296 g/mol. The van der Waals surface area contributed by atoms with Crippen molar-refractivity contribution in [3.8, 4) is 0 Å². The third kappa shape index (κ3) is 5.25. The monoisotopic (exact) mass is 322 g/mol. The largest absolute Gasteiger partial charge is 0.388 e. The minimum atomic E-state index is -3.36. The Morgan fingerprint density at radius 3 is 2.45 bits per heavy atom. The van der Waals surface area contributed by atoms with E-state index >= 15 is 0 Å². The topological polar surface area (TPSA) is 54.4 Å². The third-order valence-electron chi connectivity index (χ3n) is 4.36. The summed E-state index contributed by atoms with van der Waals surface area (Å²) in [6, 6.07) is 9.86. The van der Waals surface area contributed by atoms with Gasteiger partial charge in [0.15, 0.2) is 9.84 Å². The molecule has 2 rings (SSSR count). The lowest BCUT2D eigenvalue weighted by molar-refractivity contribution is 0.206. The number of hydrogen-bond acceptors (Lipinski definition) is 3. The Kier molecular flexibility index (Phi) is 6.21. The second-order valence-corrected chi connectivity index (χ2v) is 8.30. The van der Waals surface area contributed by atoms with Crippen LogP contribution in [0.5, 0.6) is 0 Å². The summed E-state index contributed by atoms with van der Waals surface area (Å²) >= 11 is 0. The summed E-state index contributed by atoms with van der Waals surface area (Å²) in [6.07, 6.45) is 8.84. The number of allylic oxidation sites excluding steroid dienone is 1. The minimum absolute atomic E-state index is 0.218. The summed E-state index contributed by atoms with van der Waals surface area (Å²) in [5.74, 6) is 0.296. The van der Waals surface area contributed by atoms with E-state index in [-0.39, 0.29) is 4.91 Å². The molecule has 0 bridgehead atoms. The molecule has 1 aliphatic carbocycles. The van der Waals surface area contributed by atoms with Gasteiger partial charge in [-0.1, -0.05) is 55.7 Å². The second-order valence-electron chi connectivity index (χ2n) is 6.28. The molecule has 0 heterocycles. The van der Waals surface area contributed by atoms with E-state index < -0.39 is 15.9 Å². The van der Waals surface area contributed by atoms with E-state index in [0.717, 1.165) is 31.2 Å². The quantitative estimate of drug-likeness (QED) is 0.872. The third-order valence-corrected chi connectivity index (χ3v) is 5.62. The van der Waals surface area contributed by atoms with Gasteiger partial charge in [0.2, 0.25) is 0 Å². The predicted octanol–water partition coefficient (Wildman–Crippen LogP) is 3.49. The van der Waals surface area contributed by atoms with Crippen molar-refractivity contribution in [2.45, 2.75) is 51.0 Å². The van der Waals surface area contributed by atoms with Crippen LogP contribution in [0.25, 0.3) is 0 Å². The van der Waals surface area contributed by atoms with Gasteiger partial charge in [0.1, 0.15) is 0 Å². The molecule has 122 valence electrons. The fraction of sp³-hybridized carbons (Fsp3) is 0.556. The summed E-state index contributed by atoms with van der Waals surface area (Å²) in [5.41, 5.74) is 1.12. The highest BCUT2D eigenvalue weighted by atomic mass is 32.2.